The molecular weight excluding hydrogens is 665 g/mol. The van der Waals surface area contributed by atoms with Crippen LogP contribution in [0.3, 0.4) is 0 Å². The van der Waals surface area contributed by atoms with Gasteiger partial charge in [-0.05, 0) is 48.5 Å². The van der Waals surface area contributed by atoms with E-state index in [2.05, 4.69) is 50.1 Å². The lowest BCUT2D eigenvalue weighted by Gasteiger charge is -2.02. The first-order valence-corrected chi connectivity index (χ1v) is 17.6. The molecule has 0 amide bonds. The summed E-state index contributed by atoms with van der Waals surface area (Å²) >= 11 is 0. The number of aromatic nitrogens is 12. The third-order valence-electron chi connectivity index (χ3n) is 6.76. The van der Waals surface area contributed by atoms with Crippen LogP contribution < -0.4 is 0 Å². The summed E-state index contributed by atoms with van der Waals surface area (Å²) in [6.07, 6.45) is 11.4. The van der Waals surface area contributed by atoms with Gasteiger partial charge in [0.1, 0.15) is 24.2 Å². The summed E-state index contributed by atoms with van der Waals surface area (Å²) in [6, 6.07) is 19.0. The van der Waals surface area contributed by atoms with Gasteiger partial charge in [0.2, 0.25) is 0 Å². The molecule has 0 spiro atoms. The minimum Gasteiger partial charge on any atom is -0.340 e. The van der Waals surface area contributed by atoms with Gasteiger partial charge in [-0.3, -0.25) is 14.8 Å². The summed E-state index contributed by atoms with van der Waals surface area (Å²) in [5, 5.41) is 8.29. The lowest BCUT2D eigenvalue weighted by Crippen LogP contribution is -1.91. The van der Waals surface area contributed by atoms with Gasteiger partial charge in [-0.15, -0.1) is 0 Å². The maximum absolute atomic E-state index is 11.1. The van der Waals surface area contributed by atoms with Crippen molar-refractivity contribution in [1.82, 2.24) is 59.1 Å². The van der Waals surface area contributed by atoms with Gasteiger partial charge in [-0.25, -0.2) is 29.0 Å². The lowest BCUT2D eigenvalue weighted by atomic mass is 10.1. The summed E-state index contributed by atoms with van der Waals surface area (Å²) < 4.78 is 10.8. The molecule has 2 N–H and O–H groups in total. The largest absolute Gasteiger partial charge is 0.340 e. The molecule has 0 radical (unpaired) electrons. The van der Waals surface area contributed by atoms with Crippen LogP contribution in [0.2, 0.25) is 0 Å². The van der Waals surface area contributed by atoms with Gasteiger partial charge in [0, 0.05) is 43.7 Å². The van der Waals surface area contributed by atoms with Crippen LogP contribution in [-0.4, -0.2) is 65.4 Å². The molecule has 0 aliphatic rings. The van der Waals surface area contributed by atoms with Crippen molar-refractivity contribution in [3.05, 3.63) is 110 Å². The van der Waals surface area contributed by atoms with Crippen LogP contribution >= 0.6 is 0 Å². The van der Waals surface area contributed by atoms with Crippen LogP contribution in [0.4, 0.5) is 0 Å². The second kappa shape index (κ2) is 22.4. The number of rotatable bonds is 6. The number of aromatic amines is 2. The molecule has 0 bridgehead atoms. The molecule has 8 aromatic rings. The number of carbonyl (C=O) groups excluding carboxylic acids is 1. The topological polar surface area (TPSA) is 161 Å². The van der Waals surface area contributed by atoms with Crippen LogP contribution in [0.25, 0.3) is 56.6 Å². The van der Waals surface area contributed by atoms with E-state index in [9.17, 15) is 4.79 Å². The van der Waals surface area contributed by atoms with E-state index in [1.54, 1.807) is 21.4 Å². The predicted molar refractivity (Wildman–Crippen MR) is 214 cm³/mol. The number of carbonyl (C=O) groups is 1. The van der Waals surface area contributed by atoms with Crippen LogP contribution in [0.1, 0.15) is 87.5 Å². The smallest absolute Gasteiger partial charge is 0.185 e. The molecule has 13 heteroatoms. The van der Waals surface area contributed by atoms with E-state index < -0.39 is 0 Å². The number of nitrogens with zero attached hydrogens (tertiary/aromatic N) is 10. The number of aryl methyl sites for hydroxylation is 1. The number of fused-ring (bicyclic) bond motifs is 2. The Kier molecular flexibility index (Phi) is 17.4. The average Bonchev–Trinajstić information content (AvgIpc) is 4.08. The fourth-order valence-corrected chi connectivity index (χ4v) is 4.71. The molecule has 0 saturated carbocycles. The Balaban J connectivity index is 0.000000311. The third-order valence-corrected chi connectivity index (χ3v) is 6.76. The van der Waals surface area contributed by atoms with E-state index >= 15 is 0 Å². The molecule has 8 rings (SSSR count). The van der Waals surface area contributed by atoms with E-state index in [1.807, 2.05) is 128 Å². The zero-order chi connectivity index (χ0) is 38.6. The van der Waals surface area contributed by atoms with E-state index in [4.69, 9.17) is 1.37 Å². The predicted octanol–water partition coefficient (Wildman–Crippen LogP) is 9.48. The monoisotopic (exact) mass is 718 g/mol. The number of imidazole rings is 2. The standard InChI is InChI=1S/C16H14N6.C15H10N6O.4C2H6.CH4/c1-2-13-20-15(16(21-13)12-5-3-4-8-17-12)11-6-7-14-18-10-19-22(14)9-11;22-8-12-19-14(15(20-12)11-3-1-2-6-16-11)10-4-5-13-17-9-18-21(13)7-10;4*1-2;/h3-10H,2H2,1H3,(H,20,21);1-9H,(H,19,20);4*1-2H3;1H4/i1T;;;;;;. The highest BCUT2D eigenvalue weighted by atomic mass is 16.1. The van der Waals surface area contributed by atoms with Crippen molar-refractivity contribution in [2.75, 3.05) is 0 Å². The number of aldehydes is 1. The Labute approximate surface area is 313 Å². The molecule has 278 valence electrons. The first-order chi connectivity index (χ1) is 26.2. The van der Waals surface area contributed by atoms with Gasteiger partial charge in [0.05, 0.1) is 28.5 Å². The van der Waals surface area contributed by atoms with Crippen molar-refractivity contribution in [2.24, 2.45) is 0 Å². The highest BCUT2D eigenvalue weighted by Gasteiger charge is 2.16. The molecule has 0 aliphatic heterocycles. The van der Waals surface area contributed by atoms with Crippen molar-refractivity contribution in [3.8, 4) is 45.3 Å². The van der Waals surface area contributed by atoms with Crippen molar-refractivity contribution < 1.29 is 6.17 Å². The highest BCUT2D eigenvalue weighted by Crippen LogP contribution is 2.30. The molecule has 0 saturated heterocycles. The molecule has 53 heavy (non-hydrogen) atoms. The summed E-state index contributed by atoms with van der Waals surface area (Å²) in [6.45, 7) is 16.3. The Hall–Kier alpha value is -6.37. The normalized spacial score (nSPS) is 9.85. The van der Waals surface area contributed by atoms with E-state index in [0.717, 1.165) is 51.0 Å². The Bertz CT molecular complexity index is 2220. The SMILES string of the molecule is C.CC.CC.CC.CC.O=Cc1nc(-c2ccc3ncnn3c2)c(-c2ccccn2)[nH]1.[3H]CCc1nc(-c2ccc3ncnn3c2)c(-c2ccccn2)[nH]1. The number of hydrogen-bond donors (Lipinski definition) is 2. The Morgan fingerprint density at radius 1 is 0.642 bits per heavy atom. The summed E-state index contributed by atoms with van der Waals surface area (Å²) in [4.78, 5) is 43.4. The third kappa shape index (κ3) is 10.3. The maximum Gasteiger partial charge on any atom is 0.185 e. The van der Waals surface area contributed by atoms with Gasteiger partial charge in [0.15, 0.2) is 23.4 Å². The van der Waals surface area contributed by atoms with Gasteiger partial charge < -0.3 is 9.97 Å². The zero-order valence-corrected chi connectivity index (χ0v) is 31.1. The van der Waals surface area contributed by atoms with Crippen LogP contribution in [-0.2, 0) is 6.42 Å². The van der Waals surface area contributed by atoms with E-state index in [-0.39, 0.29) is 20.2 Å². The second-order valence-corrected chi connectivity index (χ2v) is 9.51. The Morgan fingerprint density at radius 2 is 1.13 bits per heavy atom. The summed E-state index contributed by atoms with van der Waals surface area (Å²) in [7, 11) is 0. The molecule has 8 aromatic heterocycles. The van der Waals surface area contributed by atoms with Gasteiger partial charge in [-0.2, -0.15) is 10.2 Å². The molecular formula is C40H52N12O. The summed E-state index contributed by atoms with van der Waals surface area (Å²) in [5.41, 5.74) is 7.84. The van der Waals surface area contributed by atoms with Crippen LogP contribution in [0.5, 0.6) is 0 Å². The number of hydrogen-bond acceptors (Lipinski definition) is 9. The van der Waals surface area contributed by atoms with Gasteiger partial charge >= 0.3 is 0 Å². The van der Waals surface area contributed by atoms with Crippen LogP contribution in [0.15, 0.2) is 98.1 Å². The van der Waals surface area contributed by atoms with Gasteiger partial charge in [-0.1, -0.05) is 81.8 Å². The highest BCUT2D eigenvalue weighted by molar-refractivity contribution is 5.81. The number of pyridine rings is 4. The van der Waals surface area contributed by atoms with Crippen molar-refractivity contribution in [1.29, 1.82) is 0 Å². The fourth-order valence-electron chi connectivity index (χ4n) is 4.71. The van der Waals surface area contributed by atoms with Gasteiger partial charge in [0.25, 0.3) is 0 Å². The van der Waals surface area contributed by atoms with Crippen molar-refractivity contribution in [2.45, 2.75) is 76.1 Å². The number of nitrogens with one attached hydrogen (secondary N) is 2. The first-order valence-electron chi connectivity index (χ1n) is 18.3. The minimum absolute atomic E-state index is 0. The average molecular weight is 719 g/mol. The van der Waals surface area contributed by atoms with E-state index in [1.165, 1.54) is 12.7 Å². The quantitative estimate of drug-likeness (QED) is 0.160. The van der Waals surface area contributed by atoms with Crippen LogP contribution in [0, 0.1) is 0 Å². The van der Waals surface area contributed by atoms with Crippen molar-refractivity contribution >= 4 is 17.6 Å². The minimum atomic E-state index is 0. The molecule has 13 nitrogen and oxygen atoms in total. The molecule has 0 aromatic carbocycles. The Morgan fingerprint density at radius 3 is 1.58 bits per heavy atom. The molecule has 8 heterocycles. The molecule has 0 unspecified atom stereocenters. The molecule has 0 aliphatic carbocycles. The first kappa shape index (κ1) is 41.1. The molecule has 0 atom stereocenters. The zero-order valence-electron chi connectivity index (χ0n) is 32.1. The lowest BCUT2D eigenvalue weighted by molar-refractivity contribution is 0.111. The summed E-state index contributed by atoms with van der Waals surface area (Å²) in [5.74, 6) is 1.05. The van der Waals surface area contributed by atoms with E-state index in [0.29, 0.717) is 24.1 Å². The fraction of sp³-hybridized carbons (Fsp3) is 0.275. The maximum atomic E-state index is 11.1. The molecule has 0 fully saturated rings. The second-order valence-electron chi connectivity index (χ2n) is 9.51. The van der Waals surface area contributed by atoms with Crippen molar-refractivity contribution in [3.63, 3.8) is 0 Å². The number of H-pyrrole nitrogens is 2.